The predicted molar refractivity (Wildman–Crippen MR) is 73.0 cm³/mol. The van der Waals surface area contributed by atoms with Crippen molar-refractivity contribution >= 4 is 0 Å². The summed E-state index contributed by atoms with van der Waals surface area (Å²) in [5.41, 5.74) is 5.41. The standard InChI is InChI=1S/C14H30N2O/c1-4-10-16(11-9-14(2,3)17)13-7-5-12(15)6-8-13/h12-13,17H,4-11,15H2,1-3H3. The van der Waals surface area contributed by atoms with Crippen molar-refractivity contribution in [2.24, 2.45) is 5.73 Å². The molecular weight excluding hydrogens is 212 g/mol. The van der Waals surface area contributed by atoms with Crippen LogP contribution in [0.25, 0.3) is 0 Å². The van der Waals surface area contributed by atoms with Gasteiger partial charge in [-0.25, -0.2) is 0 Å². The van der Waals surface area contributed by atoms with E-state index in [0.29, 0.717) is 12.1 Å². The normalized spacial score (nSPS) is 26.5. The van der Waals surface area contributed by atoms with E-state index in [2.05, 4.69) is 11.8 Å². The summed E-state index contributed by atoms with van der Waals surface area (Å²) in [6.07, 6.45) is 6.82. The highest BCUT2D eigenvalue weighted by molar-refractivity contribution is 4.82. The maximum atomic E-state index is 9.83. The third-order valence-corrected chi connectivity index (χ3v) is 3.78. The fourth-order valence-corrected chi connectivity index (χ4v) is 2.65. The molecule has 0 unspecified atom stereocenters. The Labute approximate surface area is 106 Å². The lowest BCUT2D eigenvalue weighted by Gasteiger charge is -2.37. The zero-order valence-electron chi connectivity index (χ0n) is 11.8. The summed E-state index contributed by atoms with van der Waals surface area (Å²) in [5, 5.41) is 9.83. The van der Waals surface area contributed by atoms with Gasteiger partial charge in [0, 0.05) is 18.6 Å². The van der Waals surface area contributed by atoms with Crippen LogP contribution in [-0.4, -0.2) is 40.8 Å². The summed E-state index contributed by atoms with van der Waals surface area (Å²) < 4.78 is 0. The quantitative estimate of drug-likeness (QED) is 0.750. The summed E-state index contributed by atoms with van der Waals surface area (Å²) in [7, 11) is 0. The van der Waals surface area contributed by atoms with Gasteiger partial charge in [0.2, 0.25) is 0 Å². The van der Waals surface area contributed by atoms with Gasteiger partial charge in [-0.1, -0.05) is 6.92 Å². The van der Waals surface area contributed by atoms with Crippen molar-refractivity contribution in [2.45, 2.75) is 77.0 Å². The summed E-state index contributed by atoms with van der Waals surface area (Å²) in [6.45, 7) is 8.18. The van der Waals surface area contributed by atoms with E-state index >= 15 is 0 Å². The average molecular weight is 242 g/mol. The van der Waals surface area contributed by atoms with Crippen molar-refractivity contribution in [2.75, 3.05) is 13.1 Å². The van der Waals surface area contributed by atoms with Crippen LogP contribution in [-0.2, 0) is 0 Å². The molecular formula is C14H30N2O. The van der Waals surface area contributed by atoms with Crippen LogP contribution in [0.15, 0.2) is 0 Å². The van der Waals surface area contributed by atoms with Gasteiger partial charge in [-0.3, -0.25) is 0 Å². The molecule has 3 N–H and O–H groups in total. The monoisotopic (exact) mass is 242 g/mol. The molecule has 17 heavy (non-hydrogen) atoms. The smallest absolute Gasteiger partial charge is 0.0603 e. The molecule has 3 nitrogen and oxygen atoms in total. The minimum Gasteiger partial charge on any atom is -0.390 e. The van der Waals surface area contributed by atoms with Gasteiger partial charge >= 0.3 is 0 Å². The SMILES string of the molecule is CCCN(CCC(C)(C)O)C1CCC(N)CC1. The Morgan fingerprint density at radius 3 is 2.24 bits per heavy atom. The largest absolute Gasteiger partial charge is 0.390 e. The second-order valence-corrected chi connectivity index (χ2v) is 6.17. The lowest BCUT2D eigenvalue weighted by Crippen LogP contribution is -2.43. The molecule has 0 atom stereocenters. The molecule has 0 aliphatic heterocycles. The van der Waals surface area contributed by atoms with Gasteiger partial charge in [-0.15, -0.1) is 0 Å². The van der Waals surface area contributed by atoms with Crippen LogP contribution in [0.4, 0.5) is 0 Å². The van der Waals surface area contributed by atoms with E-state index in [9.17, 15) is 5.11 Å². The van der Waals surface area contributed by atoms with E-state index in [-0.39, 0.29) is 0 Å². The van der Waals surface area contributed by atoms with Gasteiger partial charge in [0.15, 0.2) is 0 Å². The summed E-state index contributed by atoms with van der Waals surface area (Å²) in [5.74, 6) is 0. The predicted octanol–water partition coefficient (Wildman–Crippen LogP) is 2.13. The zero-order valence-corrected chi connectivity index (χ0v) is 11.8. The Morgan fingerprint density at radius 1 is 1.18 bits per heavy atom. The first-order valence-corrected chi connectivity index (χ1v) is 7.14. The first-order chi connectivity index (χ1) is 7.92. The van der Waals surface area contributed by atoms with Crippen LogP contribution in [0.2, 0.25) is 0 Å². The van der Waals surface area contributed by atoms with Gasteiger partial charge in [0.1, 0.15) is 0 Å². The summed E-state index contributed by atoms with van der Waals surface area (Å²) in [4.78, 5) is 2.56. The highest BCUT2D eigenvalue weighted by Crippen LogP contribution is 2.23. The molecule has 1 fully saturated rings. The molecule has 0 amide bonds. The van der Waals surface area contributed by atoms with Gasteiger partial charge in [0.05, 0.1) is 5.60 Å². The molecule has 1 saturated carbocycles. The molecule has 0 bridgehead atoms. The first-order valence-electron chi connectivity index (χ1n) is 7.14. The maximum absolute atomic E-state index is 9.83. The average Bonchev–Trinajstić information content (AvgIpc) is 2.24. The number of hydrogen-bond donors (Lipinski definition) is 2. The van der Waals surface area contributed by atoms with Gasteiger partial charge in [-0.05, 0) is 58.9 Å². The fraction of sp³-hybridized carbons (Fsp3) is 1.00. The summed E-state index contributed by atoms with van der Waals surface area (Å²) in [6, 6.07) is 1.11. The minimum atomic E-state index is -0.545. The highest BCUT2D eigenvalue weighted by atomic mass is 16.3. The fourth-order valence-electron chi connectivity index (χ4n) is 2.65. The summed E-state index contributed by atoms with van der Waals surface area (Å²) >= 11 is 0. The topological polar surface area (TPSA) is 49.5 Å². The van der Waals surface area contributed by atoms with E-state index in [0.717, 1.165) is 32.4 Å². The molecule has 102 valence electrons. The van der Waals surface area contributed by atoms with Gasteiger partial charge in [0.25, 0.3) is 0 Å². The van der Waals surface area contributed by atoms with Crippen LogP contribution in [0.3, 0.4) is 0 Å². The highest BCUT2D eigenvalue weighted by Gasteiger charge is 2.25. The van der Waals surface area contributed by atoms with Crippen LogP contribution in [0, 0.1) is 0 Å². The number of aliphatic hydroxyl groups is 1. The Balaban J connectivity index is 2.41. The molecule has 0 saturated heterocycles. The van der Waals surface area contributed by atoms with Crippen molar-refractivity contribution in [3.8, 4) is 0 Å². The third kappa shape index (κ3) is 5.84. The number of nitrogens with zero attached hydrogens (tertiary/aromatic N) is 1. The maximum Gasteiger partial charge on any atom is 0.0603 e. The van der Waals surface area contributed by atoms with Crippen LogP contribution < -0.4 is 5.73 Å². The van der Waals surface area contributed by atoms with Gasteiger partial charge in [-0.2, -0.15) is 0 Å². The van der Waals surface area contributed by atoms with Crippen molar-refractivity contribution < 1.29 is 5.11 Å². The molecule has 1 rings (SSSR count). The first kappa shape index (κ1) is 14.9. The van der Waals surface area contributed by atoms with Crippen LogP contribution >= 0.6 is 0 Å². The minimum absolute atomic E-state index is 0.420. The Morgan fingerprint density at radius 2 is 1.76 bits per heavy atom. The Bertz CT molecular complexity index is 205. The third-order valence-electron chi connectivity index (χ3n) is 3.78. The van der Waals surface area contributed by atoms with Crippen molar-refractivity contribution in [1.82, 2.24) is 4.90 Å². The van der Waals surface area contributed by atoms with Crippen LogP contribution in [0.1, 0.15) is 59.3 Å². The van der Waals surface area contributed by atoms with Crippen molar-refractivity contribution in [1.29, 1.82) is 0 Å². The molecule has 0 radical (unpaired) electrons. The van der Waals surface area contributed by atoms with E-state index in [4.69, 9.17) is 5.73 Å². The van der Waals surface area contributed by atoms with E-state index in [1.165, 1.54) is 19.3 Å². The molecule has 1 aliphatic rings. The second-order valence-electron chi connectivity index (χ2n) is 6.17. The number of nitrogens with two attached hydrogens (primary N) is 1. The second kappa shape index (κ2) is 6.72. The molecule has 0 aromatic carbocycles. The van der Waals surface area contributed by atoms with E-state index in [1.807, 2.05) is 13.8 Å². The lowest BCUT2D eigenvalue weighted by atomic mass is 9.90. The van der Waals surface area contributed by atoms with Crippen LogP contribution in [0.5, 0.6) is 0 Å². The van der Waals surface area contributed by atoms with Crippen molar-refractivity contribution in [3.05, 3.63) is 0 Å². The molecule has 0 spiro atoms. The number of hydrogen-bond acceptors (Lipinski definition) is 3. The zero-order chi connectivity index (χ0) is 12.9. The Hall–Kier alpha value is -0.120. The molecule has 0 aromatic rings. The molecule has 1 aliphatic carbocycles. The lowest BCUT2D eigenvalue weighted by molar-refractivity contribution is 0.0457. The van der Waals surface area contributed by atoms with Crippen molar-refractivity contribution in [3.63, 3.8) is 0 Å². The van der Waals surface area contributed by atoms with E-state index < -0.39 is 5.60 Å². The number of rotatable bonds is 6. The van der Waals surface area contributed by atoms with Gasteiger partial charge < -0.3 is 15.7 Å². The molecule has 0 aromatic heterocycles. The van der Waals surface area contributed by atoms with E-state index in [1.54, 1.807) is 0 Å². The Kier molecular flexibility index (Phi) is 5.90. The molecule has 0 heterocycles. The molecule has 3 heteroatoms.